The highest BCUT2D eigenvalue weighted by Gasteiger charge is 2.34. The zero-order valence-electron chi connectivity index (χ0n) is 6.88. The molecule has 1 saturated carbocycles. The molecule has 0 aromatic heterocycles. The maximum Gasteiger partial charge on any atom is 0.135 e. The second-order valence-electron chi connectivity index (χ2n) is 3.85. The Kier molecular flexibility index (Phi) is 1.72. The summed E-state index contributed by atoms with van der Waals surface area (Å²) in [7, 11) is 0. The van der Waals surface area contributed by atoms with Crippen LogP contribution in [0, 0.1) is 5.92 Å². The lowest BCUT2D eigenvalue weighted by Crippen LogP contribution is -2.38. The average molecular weight is 154 g/mol. The summed E-state index contributed by atoms with van der Waals surface area (Å²) < 4.78 is 5.61. The van der Waals surface area contributed by atoms with Crippen molar-refractivity contribution in [1.29, 1.82) is 0 Å². The highest BCUT2D eigenvalue weighted by Crippen LogP contribution is 2.33. The average Bonchev–Trinajstić information content (AvgIpc) is 1.82. The van der Waals surface area contributed by atoms with E-state index in [-0.39, 0.29) is 6.10 Å². The first-order chi connectivity index (χ1) is 5.24. The Morgan fingerprint density at radius 2 is 2.18 bits per heavy atom. The largest absolute Gasteiger partial charge is 0.375 e. The van der Waals surface area contributed by atoms with Crippen molar-refractivity contribution < 1.29 is 9.53 Å². The Bertz CT molecular complexity index is 156. The van der Waals surface area contributed by atoms with Gasteiger partial charge in [0, 0.05) is 12.8 Å². The summed E-state index contributed by atoms with van der Waals surface area (Å²) in [6.07, 6.45) is 4.32. The number of hydrogen-bond acceptors (Lipinski definition) is 2. The van der Waals surface area contributed by atoms with Crippen LogP contribution in [0.1, 0.15) is 32.6 Å². The van der Waals surface area contributed by atoms with Gasteiger partial charge in [0.15, 0.2) is 0 Å². The number of rotatable bonds is 0. The molecule has 2 bridgehead atoms. The Morgan fingerprint density at radius 1 is 1.36 bits per heavy atom. The molecule has 2 heteroatoms. The van der Waals surface area contributed by atoms with Gasteiger partial charge in [-0.25, -0.2) is 0 Å². The molecule has 0 aromatic carbocycles. The molecule has 1 aliphatic carbocycles. The lowest BCUT2D eigenvalue weighted by Gasteiger charge is -2.37. The topological polar surface area (TPSA) is 26.3 Å². The van der Waals surface area contributed by atoms with Gasteiger partial charge in [-0.3, -0.25) is 4.79 Å². The highest BCUT2D eigenvalue weighted by molar-refractivity contribution is 5.80. The van der Waals surface area contributed by atoms with Gasteiger partial charge in [-0.1, -0.05) is 0 Å². The summed E-state index contributed by atoms with van der Waals surface area (Å²) in [5, 5.41) is 0. The van der Waals surface area contributed by atoms with Crippen molar-refractivity contribution in [3.05, 3.63) is 0 Å². The summed E-state index contributed by atoms with van der Waals surface area (Å²) in [6, 6.07) is 0. The van der Waals surface area contributed by atoms with E-state index in [1.165, 1.54) is 0 Å². The summed E-state index contributed by atoms with van der Waals surface area (Å²) in [5.41, 5.74) is 0. The van der Waals surface area contributed by atoms with Gasteiger partial charge in [-0.15, -0.1) is 0 Å². The third-order valence-electron chi connectivity index (χ3n) is 2.66. The smallest absolute Gasteiger partial charge is 0.135 e. The Balaban J connectivity index is 2.05. The molecule has 3 atom stereocenters. The lowest BCUT2D eigenvalue weighted by atomic mass is 9.81. The van der Waals surface area contributed by atoms with Crippen LogP contribution in [-0.2, 0) is 9.53 Å². The number of ether oxygens (including phenoxy) is 1. The van der Waals surface area contributed by atoms with E-state index < -0.39 is 0 Å². The second kappa shape index (κ2) is 2.59. The maximum atomic E-state index is 11.1. The van der Waals surface area contributed by atoms with Gasteiger partial charge in [0.2, 0.25) is 0 Å². The first kappa shape index (κ1) is 7.29. The van der Waals surface area contributed by atoms with Crippen LogP contribution in [0.25, 0.3) is 0 Å². The number of carbonyl (C=O) groups is 1. The predicted octanol–water partition coefficient (Wildman–Crippen LogP) is 1.53. The molecule has 0 aromatic rings. The molecule has 11 heavy (non-hydrogen) atoms. The maximum absolute atomic E-state index is 11.1. The van der Waals surface area contributed by atoms with Gasteiger partial charge in [0.1, 0.15) is 5.78 Å². The molecule has 1 heterocycles. The fraction of sp³-hybridized carbons (Fsp3) is 0.889. The number of Topliss-reactive ketones (excluding diaryl/α,β-unsaturated/α-hetero) is 1. The minimum Gasteiger partial charge on any atom is -0.375 e. The first-order valence-corrected chi connectivity index (χ1v) is 4.41. The molecule has 2 unspecified atom stereocenters. The van der Waals surface area contributed by atoms with Crippen molar-refractivity contribution in [3.8, 4) is 0 Å². The Morgan fingerprint density at radius 3 is 2.91 bits per heavy atom. The van der Waals surface area contributed by atoms with E-state index in [0.29, 0.717) is 24.2 Å². The zero-order valence-corrected chi connectivity index (χ0v) is 6.88. The molecule has 2 fully saturated rings. The van der Waals surface area contributed by atoms with E-state index in [9.17, 15) is 4.79 Å². The van der Waals surface area contributed by atoms with Gasteiger partial charge >= 0.3 is 0 Å². The zero-order chi connectivity index (χ0) is 7.84. The van der Waals surface area contributed by atoms with Crippen molar-refractivity contribution in [1.82, 2.24) is 0 Å². The molecular formula is C9H14O2. The van der Waals surface area contributed by atoms with Crippen molar-refractivity contribution in [2.75, 3.05) is 0 Å². The van der Waals surface area contributed by atoms with Crippen molar-refractivity contribution in [2.45, 2.75) is 44.8 Å². The molecule has 0 N–H and O–H groups in total. The van der Waals surface area contributed by atoms with E-state index in [4.69, 9.17) is 4.74 Å². The SMILES string of the molecule is C[C@@H]1CC2CC(=O)CC(C2)O1. The molecule has 0 radical (unpaired) electrons. The fourth-order valence-electron chi connectivity index (χ4n) is 2.33. The number of ketones is 1. The molecule has 0 amide bonds. The van der Waals surface area contributed by atoms with Crippen LogP contribution in [0.15, 0.2) is 0 Å². The van der Waals surface area contributed by atoms with Gasteiger partial charge in [-0.05, 0) is 25.7 Å². The molecule has 2 aliphatic rings. The summed E-state index contributed by atoms with van der Waals surface area (Å²) >= 11 is 0. The molecule has 62 valence electrons. The van der Waals surface area contributed by atoms with Crippen molar-refractivity contribution >= 4 is 5.78 Å². The predicted molar refractivity (Wildman–Crippen MR) is 41.3 cm³/mol. The van der Waals surface area contributed by atoms with E-state index >= 15 is 0 Å². The van der Waals surface area contributed by atoms with Gasteiger partial charge in [0.25, 0.3) is 0 Å². The van der Waals surface area contributed by atoms with Crippen LogP contribution >= 0.6 is 0 Å². The minimum absolute atomic E-state index is 0.255. The molecular weight excluding hydrogens is 140 g/mol. The molecule has 0 spiro atoms. The fourth-order valence-corrected chi connectivity index (χ4v) is 2.33. The minimum atomic E-state index is 0.255. The monoisotopic (exact) mass is 154 g/mol. The quantitative estimate of drug-likeness (QED) is 0.529. The van der Waals surface area contributed by atoms with Crippen LogP contribution in [0.2, 0.25) is 0 Å². The highest BCUT2D eigenvalue weighted by atomic mass is 16.5. The van der Waals surface area contributed by atoms with Gasteiger partial charge in [-0.2, -0.15) is 0 Å². The van der Waals surface area contributed by atoms with Crippen LogP contribution in [0.3, 0.4) is 0 Å². The third kappa shape index (κ3) is 1.45. The third-order valence-corrected chi connectivity index (χ3v) is 2.66. The van der Waals surface area contributed by atoms with Gasteiger partial charge in [0.05, 0.1) is 12.2 Å². The van der Waals surface area contributed by atoms with Crippen LogP contribution in [0.4, 0.5) is 0 Å². The molecule has 1 saturated heterocycles. The van der Waals surface area contributed by atoms with Crippen molar-refractivity contribution in [3.63, 3.8) is 0 Å². The van der Waals surface area contributed by atoms with Crippen LogP contribution in [-0.4, -0.2) is 18.0 Å². The molecule has 1 aliphatic heterocycles. The van der Waals surface area contributed by atoms with Crippen LogP contribution in [0.5, 0.6) is 0 Å². The summed E-state index contributed by atoms with van der Waals surface area (Å²) in [5.74, 6) is 1.03. The van der Waals surface area contributed by atoms with Crippen molar-refractivity contribution in [2.24, 2.45) is 5.92 Å². The first-order valence-electron chi connectivity index (χ1n) is 4.41. The van der Waals surface area contributed by atoms with E-state index in [1.54, 1.807) is 0 Å². The number of fused-ring (bicyclic) bond motifs is 2. The normalized spacial score (nSPS) is 44.1. The number of carbonyl (C=O) groups excluding carboxylic acids is 1. The van der Waals surface area contributed by atoms with Gasteiger partial charge < -0.3 is 4.74 Å². The summed E-state index contributed by atoms with van der Waals surface area (Å²) in [6.45, 7) is 2.11. The van der Waals surface area contributed by atoms with E-state index in [0.717, 1.165) is 19.3 Å². The van der Waals surface area contributed by atoms with E-state index in [1.807, 2.05) is 0 Å². The summed E-state index contributed by atoms with van der Waals surface area (Å²) in [4.78, 5) is 11.1. The second-order valence-corrected chi connectivity index (χ2v) is 3.85. The van der Waals surface area contributed by atoms with Crippen LogP contribution < -0.4 is 0 Å². The molecule has 2 rings (SSSR count). The Labute approximate surface area is 66.9 Å². The number of hydrogen-bond donors (Lipinski definition) is 0. The standard InChI is InChI=1S/C9H14O2/c1-6-2-7-3-8(10)5-9(4-7)11-6/h6-7,9H,2-5H2,1H3/t6-,7?,9?/m1/s1. The lowest BCUT2D eigenvalue weighted by molar-refractivity contribution is -0.136. The molecule has 2 nitrogen and oxygen atoms in total. The Hall–Kier alpha value is -0.370. The van der Waals surface area contributed by atoms with E-state index in [2.05, 4.69) is 6.92 Å².